The van der Waals surface area contributed by atoms with E-state index in [9.17, 15) is 10.4 Å². The van der Waals surface area contributed by atoms with Crippen LogP contribution < -0.4 is 5.23 Å². The fourth-order valence-electron chi connectivity index (χ4n) is 5.89. The minimum absolute atomic E-state index is 0.159. The predicted molar refractivity (Wildman–Crippen MR) is 81.4 cm³/mol. The summed E-state index contributed by atoms with van der Waals surface area (Å²) in [4.78, 5) is 0. The highest BCUT2D eigenvalue weighted by molar-refractivity contribution is 5.03. The van der Waals surface area contributed by atoms with Gasteiger partial charge in [0.25, 0.3) is 0 Å². The monoisotopic (exact) mass is 312 g/mol. The van der Waals surface area contributed by atoms with Gasteiger partial charge in [-0.1, -0.05) is 6.92 Å². The molecule has 10 atom stereocenters. The van der Waals surface area contributed by atoms with Crippen LogP contribution in [0.25, 0.3) is 0 Å². The Morgan fingerprint density at radius 2 is 1.82 bits per heavy atom. The number of quaternary nitrogens is 1. The Morgan fingerprint density at radius 1 is 1.05 bits per heavy atom. The zero-order valence-corrected chi connectivity index (χ0v) is 13.6. The van der Waals surface area contributed by atoms with E-state index < -0.39 is 5.23 Å². The molecule has 0 spiro atoms. The highest BCUT2D eigenvalue weighted by Crippen LogP contribution is 2.51. The van der Waals surface area contributed by atoms with Crippen molar-refractivity contribution in [3.05, 3.63) is 5.21 Å². The maximum absolute atomic E-state index is 11.4. The van der Waals surface area contributed by atoms with Crippen LogP contribution in [0.2, 0.25) is 0 Å². The van der Waals surface area contributed by atoms with Crippen LogP contribution in [-0.2, 0) is 4.74 Å². The summed E-state index contributed by atoms with van der Waals surface area (Å²) in [6, 6.07) is -0.159. The second-order valence-corrected chi connectivity index (χ2v) is 8.24. The van der Waals surface area contributed by atoms with Crippen molar-refractivity contribution in [3.63, 3.8) is 0 Å². The topological polar surface area (TPSA) is 69.8 Å². The van der Waals surface area contributed by atoms with Crippen LogP contribution in [0.4, 0.5) is 0 Å². The lowest BCUT2D eigenvalue weighted by Crippen LogP contribution is -3.09. The maximum Gasteiger partial charge on any atom is 0.160 e. The first-order chi connectivity index (χ1) is 10.5. The van der Waals surface area contributed by atoms with Gasteiger partial charge in [-0.05, 0) is 31.6 Å². The first kappa shape index (κ1) is 15.3. The number of hydroxylamine groups is 2. The Kier molecular flexibility index (Phi) is 3.98. The van der Waals surface area contributed by atoms with Gasteiger partial charge in [0.05, 0.1) is 18.1 Å². The lowest BCUT2D eigenvalue weighted by atomic mass is 9.71. The highest BCUT2D eigenvalue weighted by Gasteiger charge is 2.60. The van der Waals surface area contributed by atoms with Crippen molar-refractivity contribution in [1.82, 2.24) is 0 Å². The molecule has 4 rings (SSSR count). The first-order valence-electron chi connectivity index (χ1n) is 9.12. The van der Waals surface area contributed by atoms with Gasteiger partial charge in [0.1, 0.15) is 6.04 Å². The second kappa shape index (κ2) is 5.71. The zero-order valence-electron chi connectivity index (χ0n) is 13.6. The molecule has 2 aliphatic carbocycles. The molecule has 5 heteroatoms. The zero-order chi connectivity index (χ0) is 15.4. The molecule has 2 saturated carbocycles. The van der Waals surface area contributed by atoms with E-state index in [0.29, 0.717) is 48.1 Å². The summed E-state index contributed by atoms with van der Waals surface area (Å²) < 4.78 is 11.5. The molecule has 4 fully saturated rings. The third kappa shape index (κ3) is 2.42. The molecule has 3 N–H and O–H groups in total. The normalized spacial score (nSPS) is 55.9. The van der Waals surface area contributed by atoms with Crippen LogP contribution in [0.15, 0.2) is 0 Å². The summed E-state index contributed by atoms with van der Waals surface area (Å²) in [7, 11) is 0. The van der Waals surface area contributed by atoms with Crippen molar-refractivity contribution in [1.29, 1.82) is 0 Å². The molecule has 0 bridgehead atoms. The van der Waals surface area contributed by atoms with E-state index in [4.69, 9.17) is 9.47 Å². The van der Waals surface area contributed by atoms with E-state index in [1.54, 1.807) is 0 Å². The number of aliphatic hydroxyl groups is 2. The summed E-state index contributed by atoms with van der Waals surface area (Å²) in [6.45, 7) is 4.57. The number of hydrogen-bond acceptors (Lipinski definition) is 3. The molecule has 0 amide bonds. The Morgan fingerprint density at radius 3 is 2.59 bits per heavy atom. The summed E-state index contributed by atoms with van der Waals surface area (Å²) in [5.74, 6) is 2.30. The summed E-state index contributed by atoms with van der Waals surface area (Å²) in [6.07, 6.45) is 7.71. The van der Waals surface area contributed by atoms with Gasteiger partial charge in [0.2, 0.25) is 0 Å². The SMILES string of the molecule is CC1CC2C(C)CCC3[OH+]C4CCC([NH+]([O-])O)CC4C3C2O1. The smallest absolute Gasteiger partial charge is 0.160 e. The molecular formula is C17H30NO4+. The molecular weight excluding hydrogens is 282 g/mol. The van der Waals surface area contributed by atoms with Gasteiger partial charge in [-0.15, -0.1) is 0 Å². The molecule has 0 aromatic heterocycles. The minimum Gasteiger partial charge on any atom is -0.600 e. The molecule has 22 heavy (non-hydrogen) atoms. The Hall–Kier alpha value is -0.200. The fourth-order valence-corrected chi connectivity index (χ4v) is 5.89. The van der Waals surface area contributed by atoms with Crippen LogP contribution in [0.5, 0.6) is 0 Å². The van der Waals surface area contributed by atoms with Crippen molar-refractivity contribution in [2.24, 2.45) is 23.7 Å². The van der Waals surface area contributed by atoms with Crippen molar-refractivity contribution in [2.45, 2.75) is 82.8 Å². The number of ether oxygens (including phenoxy) is 2. The maximum atomic E-state index is 11.4. The van der Waals surface area contributed by atoms with E-state index in [0.717, 1.165) is 19.3 Å². The van der Waals surface area contributed by atoms with E-state index in [2.05, 4.69) is 13.8 Å². The van der Waals surface area contributed by atoms with Crippen molar-refractivity contribution >= 4 is 0 Å². The van der Waals surface area contributed by atoms with Gasteiger partial charge in [0, 0.05) is 31.6 Å². The summed E-state index contributed by atoms with van der Waals surface area (Å²) in [5.41, 5.74) is 0. The van der Waals surface area contributed by atoms with Crippen molar-refractivity contribution in [3.8, 4) is 0 Å². The molecule has 2 aliphatic heterocycles. The quantitative estimate of drug-likeness (QED) is 0.561. The fraction of sp³-hybridized carbons (Fsp3) is 1.00. The van der Waals surface area contributed by atoms with Gasteiger partial charge < -0.3 is 14.7 Å². The van der Waals surface area contributed by atoms with Crippen LogP contribution >= 0.6 is 0 Å². The summed E-state index contributed by atoms with van der Waals surface area (Å²) >= 11 is 0. The largest absolute Gasteiger partial charge is 0.600 e. The van der Waals surface area contributed by atoms with Gasteiger partial charge in [0.15, 0.2) is 12.2 Å². The van der Waals surface area contributed by atoms with Crippen LogP contribution in [0.1, 0.15) is 52.4 Å². The third-order valence-corrected chi connectivity index (χ3v) is 6.98. The van der Waals surface area contributed by atoms with Gasteiger partial charge in [-0.25, -0.2) is 10.4 Å². The number of fused-ring (bicyclic) bond motifs is 5. The molecule has 4 aliphatic rings. The van der Waals surface area contributed by atoms with Crippen LogP contribution in [0.3, 0.4) is 0 Å². The molecule has 0 aromatic rings. The molecule has 2 saturated heterocycles. The molecule has 0 aromatic carbocycles. The van der Waals surface area contributed by atoms with Crippen LogP contribution in [-0.4, -0.2) is 40.4 Å². The molecule has 5 nitrogen and oxygen atoms in total. The van der Waals surface area contributed by atoms with Crippen molar-refractivity contribution in [2.75, 3.05) is 0 Å². The highest BCUT2D eigenvalue weighted by atomic mass is 16.8. The lowest BCUT2D eigenvalue weighted by Gasteiger charge is -2.35. The van der Waals surface area contributed by atoms with Crippen LogP contribution in [0, 0.1) is 28.9 Å². The second-order valence-electron chi connectivity index (χ2n) is 8.24. The Labute approximate surface area is 132 Å². The standard InChI is InChI=1S/C17H29NO4/c1-9-3-5-15-16(17-12(9)7-10(2)21-17)13-8-11(18(19)20)4-6-14(13)22-15/h9-19H,3-8H2,1-2H3/p+1. The first-order valence-corrected chi connectivity index (χ1v) is 9.12. The number of nitrogens with one attached hydrogen (secondary N) is 1. The minimum atomic E-state index is -0.610. The Balaban J connectivity index is 1.59. The van der Waals surface area contributed by atoms with E-state index in [-0.39, 0.29) is 6.04 Å². The molecule has 10 unspecified atom stereocenters. The number of rotatable bonds is 1. The molecule has 126 valence electrons. The number of hydrogen-bond donors (Lipinski definition) is 2. The van der Waals surface area contributed by atoms with Crippen molar-refractivity contribution < 1.29 is 19.9 Å². The van der Waals surface area contributed by atoms with Gasteiger partial charge in [-0.3, -0.25) is 0 Å². The van der Waals surface area contributed by atoms with E-state index in [1.807, 2.05) is 0 Å². The van der Waals surface area contributed by atoms with E-state index in [1.165, 1.54) is 19.3 Å². The van der Waals surface area contributed by atoms with Gasteiger partial charge in [-0.2, -0.15) is 0 Å². The molecule has 0 radical (unpaired) electrons. The van der Waals surface area contributed by atoms with E-state index >= 15 is 0 Å². The Bertz CT molecular complexity index is 417. The molecule has 2 heterocycles. The van der Waals surface area contributed by atoms with Gasteiger partial charge >= 0.3 is 0 Å². The predicted octanol–water partition coefficient (Wildman–Crippen LogP) is 1.05. The summed E-state index contributed by atoms with van der Waals surface area (Å²) in [5, 5.41) is 20.3. The average molecular weight is 312 g/mol. The average Bonchev–Trinajstić information content (AvgIpc) is 3.00. The third-order valence-electron chi connectivity index (χ3n) is 6.98. The lowest BCUT2D eigenvalue weighted by molar-refractivity contribution is -1.07.